The molecule has 2 unspecified atom stereocenters. The van der Waals surface area contributed by atoms with Crippen LogP contribution in [0.15, 0.2) is 0 Å². The minimum absolute atomic E-state index is 0.883. The Labute approximate surface area is 91.5 Å². The Morgan fingerprint density at radius 2 is 1.21 bits per heavy atom. The highest BCUT2D eigenvalue weighted by Crippen LogP contribution is 2.23. The summed E-state index contributed by atoms with van der Waals surface area (Å²) in [5, 5.41) is 0. The monoisotopic (exact) mass is 198 g/mol. The molecule has 0 aromatic carbocycles. The summed E-state index contributed by atoms with van der Waals surface area (Å²) in [7, 11) is 0. The quantitative estimate of drug-likeness (QED) is 0.498. The molecule has 0 aliphatic rings. The highest BCUT2D eigenvalue weighted by atomic mass is 14.2. The second-order valence-electron chi connectivity index (χ2n) is 5.42. The number of hydrogen-bond acceptors (Lipinski definition) is 0. The lowest BCUT2D eigenvalue weighted by molar-refractivity contribution is 0.320. The fourth-order valence-corrected chi connectivity index (χ4v) is 1.94. The summed E-state index contributed by atoms with van der Waals surface area (Å²) in [5.41, 5.74) is 0. The van der Waals surface area contributed by atoms with Crippen molar-refractivity contribution in [3.63, 3.8) is 0 Å². The van der Waals surface area contributed by atoms with Crippen molar-refractivity contribution < 1.29 is 0 Å². The van der Waals surface area contributed by atoms with Crippen LogP contribution in [-0.4, -0.2) is 0 Å². The van der Waals surface area contributed by atoms with Gasteiger partial charge in [-0.05, 0) is 17.8 Å². The molecule has 0 aliphatic carbocycles. The molecule has 0 amide bonds. The lowest BCUT2D eigenvalue weighted by Crippen LogP contribution is -2.08. The van der Waals surface area contributed by atoms with Gasteiger partial charge in [0.2, 0.25) is 0 Å². The van der Waals surface area contributed by atoms with Crippen LogP contribution in [0.5, 0.6) is 0 Å². The van der Waals surface area contributed by atoms with Gasteiger partial charge in [0, 0.05) is 0 Å². The maximum Gasteiger partial charge on any atom is -0.0417 e. The average Bonchev–Trinajstić information content (AvgIpc) is 2.13. The van der Waals surface area contributed by atoms with E-state index < -0.39 is 0 Å². The maximum atomic E-state index is 2.43. The molecule has 0 aromatic rings. The van der Waals surface area contributed by atoms with Crippen molar-refractivity contribution in [3.8, 4) is 0 Å². The third-order valence-electron chi connectivity index (χ3n) is 3.43. The molecule has 0 fully saturated rings. The van der Waals surface area contributed by atoms with E-state index in [1.54, 1.807) is 0 Å². The zero-order chi connectivity index (χ0) is 11.0. The van der Waals surface area contributed by atoms with Gasteiger partial charge in [-0.1, -0.05) is 73.1 Å². The standard InChI is InChI=1S/C14H30/c1-6-7-10-13(4)14(5)11-8-9-12(2)3/h12-14H,6-11H2,1-5H3. The first-order chi connectivity index (χ1) is 6.57. The molecule has 0 N–H and O–H groups in total. The molecule has 0 spiro atoms. The first-order valence-electron chi connectivity index (χ1n) is 6.57. The van der Waals surface area contributed by atoms with Crippen molar-refractivity contribution in [3.05, 3.63) is 0 Å². The molecule has 0 nitrogen and oxygen atoms in total. The molecule has 0 heterocycles. The lowest BCUT2D eigenvalue weighted by Gasteiger charge is -2.19. The van der Waals surface area contributed by atoms with Crippen molar-refractivity contribution in [1.82, 2.24) is 0 Å². The molecule has 0 bridgehead atoms. The van der Waals surface area contributed by atoms with Crippen LogP contribution in [0.1, 0.15) is 73.1 Å². The third kappa shape index (κ3) is 7.41. The maximum absolute atomic E-state index is 2.43. The lowest BCUT2D eigenvalue weighted by atomic mass is 9.86. The average molecular weight is 198 g/mol. The summed E-state index contributed by atoms with van der Waals surface area (Å²) in [4.78, 5) is 0. The van der Waals surface area contributed by atoms with E-state index in [0.29, 0.717) is 0 Å². The predicted octanol–water partition coefficient (Wildman–Crippen LogP) is 5.28. The SMILES string of the molecule is CCCCC(C)C(C)CCCC(C)C. The van der Waals surface area contributed by atoms with E-state index in [9.17, 15) is 0 Å². The molecule has 0 heteroatoms. The van der Waals surface area contributed by atoms with Crippen molar-refractivity contribution in [1.29, 1.82) is 0 Å². The van der Waals surface area contributed by atoms with E-state index in [4.69, 9.17) is 0 Å². The third-order valence-corrected chi connectivity index (χ3v) is 3.43. The Kier molecular flexibility index (Phi) is 8.32. The first kappa shape index (κ1) is 14.0. The van der Waals surface area contributed by atoms with Gasteiger partial charge < -0.3 is 0 Å². The molecular formula is C14H30. The Morgan fingerprint density at radius 1 is 0.714 bits per heavy atom. The zero-order valence-corrected chi connectivity index (χ0v) is 11.0. The van der Waals surface area contributed by atoms with E-state index in [0.717, 1.165) is 17.8 Å². The van der Waals surface area contributed by atoms with Crippen molar-refractivity contribution >= 4 is 0 Å². The van der Waals surface area contributed by atoms with Gasteiger partial charge >= 0.3 is 0 Å². The van der Waals surface area contributed by atoms with Crippen molar-refractivity contribution in [2.75, 3.05) is 0 Å². The Morgan fingerprint density at radius 3 is 1.64 bits per heavy atom. The first-order valence-corrected chi connectivity index (χ1v) is 6.57. The van der Waals surface area contributed by atoms with Gasteiger partial charge in [0.25, 0.3) is 0 Å². The molecular weight excluding hydrogens is 168 g/mol. The highest BCUT2D eigenvalue weighted by molar-refractivity contribution is 4.62. The molecule has 0 saturated heterocycles. The second kappa shape index (κ2) is 8.32. The van der Waals surface area contributed by atoms with Gasteiger partial charge in [0.1, 0.15) is 0 Å². The largest absolute Gasteiger partial charge is 0.0654 e. The Balaban J connectivity index is 3.46. The van der Waals surface area contributed by atoms with Crippen molar-refractivity contribution in [2.24, 2.45) is 17.8 Å². The normalized spacial score (nSPS) is 15.9. The number of unbranched alkanes of at least 4 members (excludes halogenated alkanes) is 1. The topological polar surface area (TPSA) is 0 Å². The molecule has 0 radical (unpaired) electrons. The van der Waals surface area contributed by atoms with Crippen LogP contribution in [0.3, 0.4) is 0 Å². The fourth-order valence-electron chi connectivity index (χ4n) is 1.94. The number of hydrogen-bond donors (Lipinski definition) is 0. The fraction of sp³-hybridized carbons (Fsp3) is 1.00. The molecule has 0 aromatic heterocycles. The number of rotatable bonds is 8. The molecule has 0 saturated carbocycles. The van der Waals surface area contributed by atoms with E-state index >= 15 is 0 Å². The van der Waals surface area contributed by atoms with Crippen LogP contribution < -0.4 is 0 Å². The summed E-state index contributed by atoms with van der Waals surface area (Å²) in [6, 6.07) is 0. The smallest absolute Gasteiger partial charge is 0.0417 e. The summed E-state index contributed by atoms with van der Waals surface area (Å²) in [6.45, 7) is 11.8. The van der Waals surface area contributed by atoms with Gasteiger partial charge in [-0.15, -0.1) is 0 Å². The summed E-state index contributed by atoms with van der Waals surface area (Å²) in [6.07, 6.45) is 8.46. The van der Waals surface area contributed by atoms with E-state index in [-0.39, 0.29) is 0 Å². The van der Waals surface area contributed by atoms with Crippen molar-refractivity contribution in [2.45, 2.75) is 73.1 Å². The van der Waals surface area contributed by atoms with Crippen LogP contribution in [0.2, 0.25) is 0 Å². The van der Waals surface area contributed by atoms with Gasteiger partial charge in [0.15, 0.2) is 0 Å². The van der Waals surface area contributed by atoms with Crippen LogP contribution in [0.4, 0.5) is 0 Å². The van der Waals surface area contributed by atoms with Crippen LogP contribution in [-0.2, 0) is 0 Å². The van der Waals surface area contributed by atoms with Crippen LogP contribution >= 0.6 is 0 Å². The zero-order valence-electron chi connectivity index (χ0n) is 11.0. The van der Waals surface area contributed by atoms with Gasteiger partial charge in [-0.2, -0.15) is 0 Å². The van der Waals surface area contributed by atoms with E-state index in [1.807, 2.05) is 0 Å². The molecule has 2 atom stereocenters. The van der Waals surface area contributed by atoms with Gasteiger partial charge in [0.05, 0.1) is 0 Å². The summed E-state index contributed by atoms with van der Waals surface area (Å²) >= 11 is 0. The van der Waals surface area contributed by atoms with Crippen LogP contribution in [0, 0.1) is 17.8 Å². The molecule has 0 rings (SSSR count). The predicted molar refractivity (Wildman–Crippen MR) is 66.5 cm³/mol. The Bertz CT molecular complexity index is 115. The summed E-state index contributed by atoms with van der Waals surface area (Å²) in [5.74, 6) is 2.75. The Hall–Kier alpha value is 0. The van der Waals surface area contributed by atoms with Gasteiger partial charge in [-0.25, -0.2) is 0 Å². The van der Waals surface area contributed by atoms with E-state index in [1.165, 1.54) is 38.5 Å². The second-order valence-corrected chi connectivity index (χ2v) is 5.42. The van der Waals surface area contributed by atoms with Crippen LogP contribution in [0.25, 0.3) is 0 Å². The van der Waals surface area contributed by atoms with Gasteiger partial charge in [-0.3, -0.25) is 0 Å². The molecule has 0 aliphatic heterocycles. The summed E-state index contributed by atoms with van der Waals surface area (Å²) < 4.78 is 0. The molecule has 86 valence electrons. The molecule has 14 heavy (non-hydrogen) atoms. The van der Waals surface area contributed by atoms with E-state index in [2.05, 4.69) is 34.6 Å². The minimum Gasteiger partial charge on any atom is -0.0654 e. The minimum atomic E-state index is 0.883. The highest BCUT2D eigenvalue weighted by Gasteiger charge is 2.11.